The number of benzene rings is 2. The third-order valence-corrected chi connectivity index (χ3v) is 8.02. The molecule has 1 radical (unpaired) electrons. The average Bonchev–Trinajstić information content (AvgIpc) is 2.89. The molecule has 0 aliphatic carbocycles. The van der Waals surface area contributed by atoms with Crippen molar-refractivity contribution in [3.05, 3.63) is 76.6 Å². The quantitative estimate of drug-likeness (QED) is 0.0928. The van der Waals surface area contributed by atoms with E-state index >= 15 is 0 Å². The second-order valence-electron chi connectivity index (χ2n) is 12.2. The van der Waals surface area contributed by atoms with Crippen molar-refractivity contribution in [2.45, 2.75) is 89.0 Å². The summed E-state index contributed by atoms with van der Waals surface area (Å²) in [5.41, 5.74) is 6.79. The van der Waals surface area contributed by atoms with E-state index in [-0.39, 0.29) is 42.5 Å². The van der Waals surface area contributed by atoms with Gasteiger partial charge in [0.15, 0.2) is 5.78 Å². The molecule has 0 saturated carbocycles. The fraction of sp³-hybridized carbons (Fsp3) is 0.429. The van der Waals surface area contributed by atoms with E-state index < -0.39 is 0 Å². The van der Waals surface area contributed by atoms with E-state index in [2.05, 4.69) is 56.1 Å². The second kappa shape index (κ2) is 13.4. The largest absolute Gasteiger partial charge is 0.512 e. The monoisotopic (exact) mass is 731 g/mol. The molecule has 2 aromatic heterocycles. The molecule has 1 N–H and O–H groups in total. The Labute approximate surface area is 259 Å². The van der Waals surface area contributed by atoms with E-state index in [1.165, 1.54) is 17.0 Å². The SMILES string of the molecule is CCC(C)(C)C(=O)/C=C(\O)C(C)(C)CC.Cc1[c-]c(-c2nc(C)nc3c2ccc2c(C)ncc(C)c23)cc(C)c1.[Ir]. The Hall–Kier alpha value is -2.95. The summed E-state index contributed by atoms with van der Waals surface area (Å²) in [5.74, 6) is 0.969. The van der Waals surface area contributed by atoms with Crippen LogP contribution in [0.1, 0.15) is 82.6 Å². The van der Waals surface area contributed by atoms with Gasteiger partial charge in [-0.3, -0.25) is 14.8 Å². The fourth-order valence-corrected chi connectivity index (χ4v) is 4.43. The molecule has 0 fully saturated rings. The number of fused-ring (bicyclic) bond motifs is 3. The molecule has 0 aliphatic heterocycles. The molecule has 2 aromatic carbocycles. The average molecular weight is 731 g/mol. The molecule has 4 aromatic rings. The number of hydrogen-bond acceptors (Lipinski definition) is 5. The van der Waals surface area contributed by atoms with Crippen molar-refractivity contribution >= 4 is 27.5 Å². The van der Waals surface area contributed by atoms with Crippen molar-refractivity contribution in [1.29, 1.82) is 0 Å². The summed E-state index contributed by atoms with van der Waals surface area (Å²) >= 11 is 0. The molecule has 0 spiro atoms. The van der Waals surface area contributed by atoms with Crippen LogP contribution in [-0.4, -0.2) is 25.8 Å². The number of ketones is 1. The third kappa shape index (κ3) is 7.67. The van der Waals surface area contributed by atoms with Crippen LogP contribution >= 0.6 is 0 Å². The van der Waals surface area contributed by atoms with Gasteiger partial charge in [-0.1, -0.05) is 67.5 Å². The van der Waals surface area contributed by atoms with Gasteiger partial charge in [0, 0.05) is 59.7 Å². The topological polar surface area (TPSA) is 76.0 Å². The van der Waals surface area contributed by atoms with Crippen LogP contribution in [0.2, 0.25) is 0 Å². The molecule has 221 valence electrons. The maximum Gasteiger partial charge on any atom is 0.164 e. The predicted molar refractivity (Wildman–Crippen MR) is 167 cm³/mol. The first-order valence-corrected chi connectivity index (χ1v) is 14.1. The molecule has 0 unspecified atom stereocenters. The summed E-state index contributed by atoms with van der Waals surface area (Å²) < 4.78 is 0. The Bertz CT molecular complexity index is 1580. The van der Waals surface area contributed by atoms with Gasteiger partial charge < -0.3 is 5.11 Å². The summed E-state index contributed by atoms with van der Waals surface area (Å²) in [6.45, 7) is 21.9. The maximum atomic E-state index is 11.8. The number of aliphatic hydroxyl groups excluding tert-OH is 1. The fourth-order valence-electron chi connectivity index (χ4n) is 4.43. The maximum absolute atomic E-state index is 11.8. The van der Waals surface area contributed by atoms with Crippen molar-refractivity contribution in [2.75, 3.05) is 0 Å². The van der Waals surface area contributed by atoms with Crippen LogP contribution in [0.5, 0.6) is 0 Å². The number of hydrogen-bond donors (Lipinski definition) is 1. The summed E-state index contributed by atoms with van der Waals surface area (Å²) in [7, 11) is 0. The molecule has 0 atom stereocenters. The molecule has 5 nitrogen and oxygen atoms in total. The molecule has 41 heavy (non-hydrogen) atoms. The minimum Gasteiger partial charge on any atom is -0.512 e. The van der Waals surface area contributed by atoms with Crippen LogP contribution in [-0.2, 0) is 24.9 Å². The molecule has 0 aliphatic rings. The molecule has 0 bridgehead atoms. The zero-order valence-corrected chi connectivity index (χ0v) is 28.8. The number of carbonyl (C=O) groups excluding carboxylic acids is 1. The molecular formula is C35H44IrN3O2-. The van der Waals surface area contributed by atoms with E-state index in [4.69, 9.17) is 9.97 Å². The molecular weight excluding hydrogens is 687 g/mol. The van der Waals surface area contributed by atoms with Gasteiger partial charge in [0.25, 0.3) is 0 Å². The summed E-state index contributed by atoms with van der Waals surface area (Å²) in [4.78, 5) is 25.9. The first-order valence-electron chi connectivity index (χ1n) is 14.1. The molecule has 4 rings (SSSR count). The van der Waals surface area contributed by atoms with Gasteiger partial charge >= 0.3 is 0 Å². The number of rotatable bonds is 6. The Morgan fingerprint density at radius 3 is 2.12 bits per heavy atom. The van der Waals surface area contributed by atoms with E-state index in [9.17, 15) is 9.90 Å². The normalized spacial score (nSPS) is 12.1. The van der Waals surface area contributed by atoms with Crippen molar-refractivity contribution < 1.29 is 30.0 Å². The van der Waals surface area contributed by atoms with E-state index in [0.29, 0.717) is 0 Å². The number of nitrogens with zero attached hydrogens (tertiary/aromatic N) is 3. The number of allylic oxidation sites excluding steroid dienone is 2. The van der Waals surface area contributed by atoms with Gasteiger partial charge in [0.2, 0.25) is 0 Å². The molecule has 6 heteroatoms. The van der Waals surface area contributed by atoms with Gasteiger partial charge in [-0.15, -0.1) is 34.9 Å². The Morgan fingerprint density at radius 2 is 1.54 bits per heavy atom. The molecule has 0 amide bonds. The third-order valence-electron chi connectivity index (χ3n) is 8.02. The summed E-state index contributed by atoms with van der Waals surface area (Å²) in [6.07, 6.45) is 4.92. The van der Waals surface area contributed by atoms with Gasteiger partial charge in [-0.05, 0) is 50.3 Å². The second-order valence-corrected chi connectivity index (χ2v) is 12.2. The van der Waals surface area contributed by atoms with E-state index in [1.54, 1.807) is 0 Å². The van der Waals surface area contributed by atoms with Crippen LogP contribution < -0.4 is 0 Å². The zero-order valence-electron chi connectivity index (χ0n) is 26.4. The standard InChI is InChI=1S/C22H20N3.C13H24O2.Ir/c1-12-8-13(2)10-17(9-12)21-19-7-6-18-15(4)23-11-14(3)20(18)22(19)25-16(5)24-21;1-7-12(3,4)10(14)9-11(15)13(5,6)8-2;/h6-9,11H,1-5H3;9,14H,7-8H2,1-6H3;/q-1;;/b;10-9-;. The van der Waals surface area contributed by atoms with Gasteiger partial charge in [-0.2, -0.15) is 0 Å². The molecule has 2 heterocycles. The van der Waals surface area contributed by atoms with Gasteiger partial charge in [0.05, 0.1) is 5.52 Å². The minimum absolute atomic E-state index is 0. The smallest absolute Gasteiger partial charge is 0.164 e. The van der Waals surface area contributed by atoms with Crippen LogP contribution in [0, 0.1) is 51.5 Å². The van der Waals surface area contributed by atoms with Crippen LogP contribution in [0.25, 0.3) is 32.9 Å². The van der Waals surface area contributed by atoms with Crippen molar-refractivity contribution in [2.24, 2.45) is 10.8 Å². The van der Waals surface area contributed by atoms with Crippen molar-refractivity contribution in [3.63, 3.8) is 0 Å². The Kier molecular flexibility index (Phi) is 11.2. The van der Waals surface area contributed by atoms with E-state index in [1.807, 2.05) is 61.6 Å². The number of carbonyl (C=O) groups is 1. The Morgan fingerprint density at radius 1 is 0.927 bits per heavy atom. The number of aryl methyl sites for hydroxylation is 5. The van der Waals surface area contributed by atoms with Crippen molar-refractivity contribution in [1.82, 2.24) is 15.0 Å². The zero-order chi connectivity index (χ0) is 30.0. The van der Waals surface area contributed by atoms with Gasteiger partial charge in [0.1, 0.15) is 11.6 Å². The first-order chi connectivity index (χ1) is 18.6. The molecule has 0 saturated heterocycles. The van der Waals surface area contributed by atoms with Crippen LogP contribution in [0.4, 0.5) is 0 Å². The minimum atomic E-state index is -0.377. The first kappa shape index (κ1) is 34.3. The van der Waals surface area contributed by atoms with Crippen LogP contribution in [0.15, 0.2) is 42.3 Å². The van der Waals surface area contributed by atoms with Crippen molar-refractivity contribution in [3.8, 4) is 11.3 Å². The van der Waals surface area contributed by atoms with Gasteiger partial charge in [-0.25, -0.2) is 4.98 Å². The Balaban J connectivity index is 0.000000320. The summed E-state index contributed by atoms with van der Waals surface area (Å²) in [5, 5.41) is 13.2. The number of pyridine rings is 1. The van der Waals surface area contributed by atoms with E-state index in [0.717, 1.165) is 63.0 Å². The van der Waals surface area contributed by atoms with Crippen LogP contribution in [0.3, 0.4) is 0 Å². The number of aromatic nitrogens is 3. The summed E-state index contributed by atoms with van der Waals surface area (Å²) in [6, 6.07) is 12.0. The number of aliphatic hydroxyl groups is 1. The predicted octanol–water partition coefficient (Wildman–Crippen LogP) is 9.05.